The molecular formula is C60H101O11P. The highest BCUT2D eigenvalue weighted by atomic mass is 31.2. The van der Waals surface area contributed by atoms with Crippen molar-refractivity contribution in [1.29, 1.82) is 0 Å². The van der Waals surface area contributed by atoms with E-state index in [1.54, 1.807) is 0 Å². The predicted octanol–water partition coefficient (Wildman–Crippen LogP) is 16.5. The summed E-state index contributed by atoms with van der Waals surface area (Å²) in [4.78, 5) is 48.4. The van der Waals surface area contributed by atoms with Gasteiger partial charge in [0.15, 0.2) is 6.10 Å². The van der Waals surface area contributed by atoms with Gasteiger partial charge in [-0.25, -0.2) is 4.57 Å². The Kier molecular flexibility index (Phi) is 51.0. The molecule has 0 aliphatic carbocycles. The van der Waals surface area contributed by atoms with Gasteiger partial charge in [-0.15, -0.1) is 0 Å². The van der Waals surface area contributed by atoms with Crippen molar-refractivity contribution < 1.29 is 52.2 Å². The zero-order valence-corrected chi connectivity index (χ0v) is 46.3. The van der Waals surface area contributed by atoms with Gasteiger partial charge in [-0.05, 0) is 103 Å². The van der Waals surface area contributed by atoms with E-state index in [1.165, 1.54) is 83.5 Å². The maximum atomic E-state index is 12.9. The van der Waals surface area contributed by atoms with Crippen LogP contribution in [0, 0.1) is 0 Å². The molecular weight excluding hydrogens is 928 g/mol. The third-order valence-corrected chi connectivity index (χ3v) is 12.4. The number of phosphoric ester groups is 1. The Bertz CT molecular complexity index is 1580. The molecule has 0 heterocycles. The highest BCUT2D eigenvalue weighted by Crippen LogP contribution is 2.43. The molecule has 2 N–H and O–H groups in total. The van der Waals surface area contributed by atoms with Crippen molar-refractivity contribution >= 4 is 25.7 Å². The summed E-state index contributed by atoms with van der Waals surface area (Å²) in [6.45, 7) is 4.28. The lowest BCUT2D eigenvalue weighted by molar-refractivity contribution is -0.161. The third kappa shape index (κ3) is 51.3. The number of unbranched alkanes of at least 4 members (excludes halogenated alkanes) is 18. The average Bonchev–Trinajstić information content (AvgIpc) is 3.37. The van der Waals surface area contributed by atoms with Gasteiger partial charge in [0.2, 0.25) is 0 Å². The first-order chi connectivity index (χ1) is 35.2. The number of carbonyl (C=O) groups is 3. The molecule has 72 heavy (non-hydrogen) atoms. The summed E-state index contributed by atoms with van der Waals surface area (Å²) >= 11 is 0. The van der Waals surface area contributed by atoms with E-state index >= 15 is 0 Å². The van der Waals surface area contributed by atoms with E-state index < -0.39 is 57.8 Å². The second kappa shape index (κ2) is 53.7. The van der Waals surface area contributed by atoms with Crippen LogP contribution in [0.3, 0.4) is 0 Å². The van der Waals surface area contributed by atoms with Crippen LogP contribution >= 0.6 is 7.82 Å². The summed E-state index contributed by atoms with van der Waals surface area (Å²) in [7, 11) is -4.77. The number of ether oxygens (including phenoxy) is 3. The van der Waals surface area contributed by atoms with Crippen molar-refractivity contribution in [2.75, 3.05) is 26.4 Å². The van der Waals surface area contributed by atoms with Crippen LogP contribution in [0.1, 0.15) is 226 Å². The van der Waals surface area contributed by atoms with Gasteiger partial charge in [0, 0.05) is 19.3 Å². The van der Waals surface area contributed by atoms with Crippen molar-refractivity contribution in [2.45, 2.75) is 238 Å². The number of carbonyl (C=O) groups excluding carboxylic acids is 3. The maximum Gasteiger partial charge on any atom is 0.472 e. The van der Waals surface area contributed by atoms with Gasteiger partial charge < -0.3 is 24.2 Å². The van der Waals surface area contributed by atoms with E-state index in [1.807, 2.05) is 18.2 Å². The summed E-state index contributed by atoms with van der Waals surface area (Å²) < 4.78 is 39.3. The van der Waals surface area contributed by atoms with Gasteiger partial charge >= 0.3 is 25.7 Å². The van der Waals surface area contributed by atoms with E-state index in [0.717, 1.165) is 83.5 Å². The summed E-state index contributed by atoms with van der Waals surface area (Å²) in [6, 6.07) is 0. The van der Waals surface area contributed by atoms with Gasteiger partial charge in [-0.3, -0.25) is 23.4 Å². The second-order valence-corrected chi connectivity index (χ2v) is 19.8. The Balaban J connectivity index is 4.80. The Labute approximate surface area is 438 Å². The van der Waals surface area contributed by atoms with Gasteiger partial charge in [-0.2, -0.15) is 0 Å². The molecule has 3 atom stereocenters. The number of hydrogen-bond acceptors (Lipinski definition) is 10. The molecule has 0 fully saturated rings. The van der Waals surface area contributed by atoms with Crippen LogP contribution in [0.4, 0.5) is 0 Å². The fraction of sp³-hybridized carbons (Fsp3) is 0.683. The minimum absolute atomic E-state index is 0.0504. The summed E-state index contributed by atoms with van der Waals surface area (Å²) in [5.74, 6) is -1.59. The first-order valence-corrected chi connectivity index (χ1v) is 29.6. The van der Waals surface area contributed by atoms with Gasteiger partial charge in [0.1, 0.15) is 12.7 Å². The van der Waals surface area contributed by atoms with E-state index in [4.69, 9.17) is 23.3 Å². The van der Waals surface area contributed by atoms with Gasteiger partial charge in [0.05, 0.1) is 19.8 Å². The molecule has 0 aromatic heterocycles. The van der Waals surface area contributed by atoms with Crippen LogP contribution in [-0.2, 0) is 42.2 Å². The molecule has 0 spiro atoms. The normalized spacial score (nSPS) is 14.1. The number of aliphatic hydroxyl groups is 1. The monoisotopic (exact) mass is 1030 g/mol. The first kappa shape index (κ1) is 68.4. The highest BCUT2D eigenvalue weighted by Gasteiger charge is 2.28. The number of phosphoric acid groups is 1. The van der Waals surface area contributed by atoms with E-state index in [0.29, 0.717) is 19.3 Å². The second-order valence-electron chi connectivity index (χ2n) is 18.3. The summed E-state index contributed by atoms with van der Waals surface area (Å²) in [5, 5.41) is 9.78. The molecule has 12 heteroatoms. The van der Waals surface area contributed by atoms with Crippen LogP contribution < -0.4 is 0 Å². The largest absolute Gasteiger partial charge is 0.472 e. The molecule has 0 saturated heterocycles. The number of esters is 3. The lowest BCUT2D eigenvalue weighted by Gasteiger charge is -2.21. The molecule has 0 aliphatic heterocycles. The number of hydrogen-bond donors (Lipinski definition) is 2. The SMILES string of the molecule is CC/C=C\C/C=C\C/C=C\C/C=C\CCC(=O)OC(CO)COP(=O)(O)OCC(COC(=O)CCCCC/C=C\C/C=C\C/C=C\CC)OC(=O)CCCCCCCCCCC/C=C\CCCCCCCC. The number of allylic oxidation sites excluding steroid dienone is 16. The Hall–Kier alpha value is -3.60. The predicted molar refractivity (Wildman–Crippen MR) is 297 cm³/mol. The van der Waals surface area contributed by atoms with Crippen LogP contribution in [-0.4, -0.2) is 66.5 Å². The molecule has 3 unspecified atom stereocenters. The van der Waals surface area contributed by atoms with Crippen molar-refractivity contribution in [2.24, 2.45) is 0 Å². The minimum atomic E-state index is -4.77. The van der Waals surface area contributed by atoms with Crippen LogP contribution in [0.5, 0.6) is 0 Å². The van der Waals surface area contributed by atoms with Crippen LogP contribution in [0.25, 0.3) is 0 Å². The van der Waals surface area contributed by atoms with E-state index in [-0.39, 0.29) is 25.9 Å². The molecule has 0 saturated carbocycles. The molecule has 0 aliphatic rings. The molecule has 0 amide bonds. The lowest BCUT2D eigenvalue weighted by atomic mass is 10.1. The van der Waals surface area contributed by atoms with Crippen molar-refractivity contribution in [3.63, 3.8) is 0 Å². The minimum Gasteiger partial charge on any atom is -0.462 e. The zero-order chi connectivity index (χ0) is 52.7. The Morgan fingerprint density at radius 1 is 0.403 bits per heavy atom. The summed E-state index contributed by atoms with van der Waals surface area (Å²) in [5.41, 5.74) is 0. The molecule has 0 aromatic rings. The average molecular weight is 1030 g/mol. The summed E-state index contributed by atoms with van der Waals surface area (Å²) in [6.07, 6.45) is 62.5. The van der Waals surface area contributed by atoms with Crippen LogP contribution in [0.2, 0.25) is 0 Å². The van der Waals surface area contributed by atoms with Crippen molar-refractivity contribution in [3.05, 3.63) is 97.2 Å². The Morgan fingerprint density at radius 2 is 0.750 bits per heavy atom. The van der Waals surface area contributed by atoms with E-state index in [9.17, 15) is 28.9 Å². The fourth-order valence-corrected chi connectivity index (χ4v) is 8.04. The molecule has 0 aromatic carbocycles. The quantitative estimate of drug-likeness (QED) is 0.0197. The maximum absolute atomic E-state index is 12.9. The molecule has 11 nitrogen and oxygen atoms in total. The Morgan fingerprint density at radius 3 is 1.22 bits per heavy atom. The number of aliphatic hydroxyl groups excluding tert-OH is 1. The lowest BCUT2D eigenvalue weighted by Crippen LogP contribution is -2.30. The third-order valence-electron chi connectivity index (χ3n) is 11.5. The standard InChI is InChI=1S/C60H101O11P/c1-4-7-10-13-16-19-22-25-26-27-28-29-30-33-36-39-42-45-48-51-60(64)71-57(53-67-58(62)49-46-43-40-37-34-31-23-20-17-14-11-8-5-2)55-69-72(65,66)68-54-56(52-61)70-59(63)50-47-44-41-38-35-32-24-21-18-15-12-9-6-3/h8-9,11-12,17-18,20-21,25-26,31-32,34-35,41,44,56-57,61H,4-7,10,13-16,19,22-24,27-30,33,36-40,42-43,45-55H2,1-3H3,(H,65,66)/b11-8-,12-9-,20-17-,21-18-,26-25-,34-31-,35-32-,44-41-. The van der Waals surface area contributed by atoms with Crippen molar-refractivity contribution in [1.82, 2.24) is 0 Å². The van der Waals surface area contributed by atoms with E-state index in [2.05, 4.69) is 99.8 Å². The molecule has 0 rings (SSSR count). The number of rotatable bonds is 51. The highest BCUT2D eigenvalue weighted by molar-refractivity contribution is 7.47. The fourth-order valence-electron chi connectivity index (χ4n) is 7.26. The smallest absolute Gasteiger partial charge is 0.462 e. The van der Waals surface area contributed by atoms with Crippen molar-refractivity contribution in [3.8, 4) is 0 Å². The topological polar surface area (TPSA) is 155 Å². The first-order valence-electron chi connectivity index (χ1n) is 28.1. The van der Waals surface area contributed by atoms with Gasteiger partial charge in [0.25, 0.3) is 0 Å². The molecule has 412 valence electrons. The zero-order valence-electron chi connectivity index (χ0n) is 45.4. The molecule has 0 radical (unpaired) electrons. The molecule has 0 bridgehead atoms. The van der Waals surface area contributed by atoms with Gasteiger partial charge in [-0.1, -0.05) is 201 Å². The van der Waals surface area contributed by atoms with Crippen LogP contribution in [0.15, 0.2) is 97.2 Å².